The van der Waals surface area contributed by atoms with Crippen LogP contribution in [0.15, 0.2) is 12.2 Å². The van der Waals surface area contributed by atoms with Gasteiger partial charge in [0, 0.05) is 10.5 Å². The van der Waals surface area contributed by atoms with Crippen molar-refractivity contribution in [1.29, 1.82) is 0 Å². The fourth-order valence-electron chi connectivity index (χ4n) is 4.61. The van der Waals surface area contributed by atoms with Crippen molar-refractivity contribution in [3.05, 3.63) is 12.2 Å². The summed E-state index contributed by atoms with van der Waals surface area (Å²) in [4.78, 5) is 0. The molecule has 3 aliphatic rings. The molecule has 16 heavy (non-hydrogen) atoms. The third-order valence-electron chi connectivity index (χ3n) is 5.55. The molecule has 2 aliphatic carbocycles. The summed E-state index contributed by atoms with van der Waals surface area (Å²) in [6, 6.07) is 0. The second-order valence-corrected chi connectivity index (χ2v) is 8.08. The van der Waals surface area contributed by atoms with Gasteiger partial charge >= 0.3 is 0 Å². The molecule has 4 bridgehead atoms. The molecule has 0 amide bonds. The molecule has 0 aromatic heterocycles. The summed E-state index contributed by atoms with van der Waals surface area (Å²) in [6.45, 7) is 11.8. The van der Waals surface area contributed by atoms with Crippen LogP contribution in [-0.2, 0) is 0 Å². The fraction of sp³-hybridized carbons (Fsp3) is 0.867. The zero-order chi connectivity index (χ0) is 11.5. The quantitative estimate of drug-likeness (QED) is 0.604. The zero-order valence-electron chi connectivity index (χ0n) is 10.8. The van der Waals surface area contributed by atoms with Crippen LogP contribution in [0.5, 0.6) is 0 Å². The molecule has 0 nitrogen and oxygen atoms in total. The Kier molecular flexibility index (Phi) is 2.48. The molecule has 3 fully saturated rings. The molecule has 3 unspecified atom stereocenters. The highest BCUT2D eigenvalue weighted by Gasteiger charge is 2.62. The van der Waals surface area contributed by atoms with Gasteiger partial charge in [0.25, 0.3) is 0 Å². The first-order chi connectivity index (χ1) is 7.54. The molecule has 1 aliphatic heterocycles. The molecule has 0 N–H and O–H groups in total. The van der Waals surface area contributed by atoms with Crippen molar-refractivity contribution in [3.63, 3.8) is 0 Å². The van der Waals surface area contributed by atoms with Gasteiger partial charge in [0.1, 0.15) is 0 Å². The van der Waals surface area contributed by atoms with Gasteiger partial charge in [-0.15, -0.1) is 11.8 Å². The van der Waals surface area contributed by atoms with E-state index in [1.807, 2.05) is 0 Å². The highest BCUT2D eigenvalue weighted by atomic mass is 32.2. The summed E-state index contributed by atoms with van der Waals surface area (Å²) in [5.74, 6) is 2.78. The van der Waals surface area contributed by atoms with Gasteiger partial charge in [-0.1, -0.05) is 32.9 Å². The second-order valence-electron chi connectivity index (χ2n) is 6.73. The minimum atomic E-state index is 0.643. The van der Waals surface area contributed by atoms with E-state index in [1.54, 1.807) is 5.57 Å². The van der Waals surface area contributed by atoms with E-state index in [2.05, 4.69) is 39.1 Å². The van der Waals surface area contributed by atoms with Crippen LogP contribution >= 0.6 is 11.8 Å². The van der Waals surface area contributed by atoms with Gasteiger partial charge in [0.05, 0.1) is 0 Å². The Labute approximate surface area is 104 Å². The maximum atomic E-state index is 4.38. The largest absolute Gasteiger partial charge is 0.150 e. The summed E-state index contributed by atoms with van der Waals surface area (Å²) < 4.78 is 0. The number of rotatable bonds is 1. The van der Waals surface area contributed by atoms with Crippen LogP contribution in [0.3, 0.4) is 0 Å². The zero-order valence-corrected chi connectivity index (χ0v) is 11.6. The summed E-state index contributed by atoms with van der Waals surface area (Å²) in [7, 11) is 0. The summed E-state index contributed by atoms with van der Waals surface area (Å²) >= 11 is 2.27. The van der Waals surface area contributed by atoms with Crippen molar-refractivity contribution >= 4 is 11.8 Å². The van der Waals surface area contributed by atoms with Gasteiger partial charge in [0.2, 0.25) is 0 Å². The van der Waals surface area contributed by atoms with Crippen LogP contribution in [0.4, 0.5) is 0 Å². The summed E-state index contributed by atoms with van der Waals surface area (Å²) in [6.07, 6.45) is 5.62. The summed E-state index contributed by atoms with van der Waals surface area (Å²) in [5, 5.41) is 1.74. The highest BCUT2D eigenvalue weighted by Crippen LogP contribution is 2.68. The lowest BCUT2D eigenvalue weighted by Gasteiger charge is -2.34. The normalized spacial score (nSPS) is 51.1. The monoisotopic (exact) mass is 236 g/mol. The van der Waals surface area contributed by atoms with Crippen molar-refractivity contribution in [2.75, 3.05) is 0 Å². The van der Waals surface area contributed by atoms with Gasteiger partial charge < -0.3 is 0 Å². The van der Waals surface area contributed by atoms with Crippen LogP contribution in [0, 0.1) is 23.2 Å². The fourth-order valence-corrected chi connectivity index (χ4v) is 6.88. The molecule has 2 saturated carbocycles. The Morgan fingerprint density at radius 1 is 1.44 bits per heavy atom. The molecule has 0 aromatic rings. The van der Waals surface area contributed by atoms with Crippen LogP contribution in [-0.4, -0.2) is 10.5 Å². The molecular formula is C15H24S. The van der Waals surface area contributed by atoms with E-state index in [9.17, 15) is 0 Å². The van der Waals surface area contributed by atoms with Gasteiger partial charge in [0.15, 0.2) is 0 Å². The number of hydrogen-bond donors (Lipinski definition) is 0. The molecule has 3 rings (SSSR count). The third kappa shape index (κ3) is 1.30. The predicted octanol–water partition coefficient (Wildman–Crippen LogP) is 4.51. The van der Waals surface area contributed by atoms with E-state index in [-0.39, 0.29) is 0 Å². The Hall–Kier alpha value is 0.0900. The molecule has 1 saturated heterocycles. The first-order valence-electron chi connectivity index (χ1n) is 6.87. The summed E-state index contributed by atoms with van der Waals surface area (Å²) in [5.41, 5.74) is 2.20. The molecule has 5 atom stereocenters. The standard InChI is InChI=1S/C15H24S/c1-9(2)11-8-12-15(4)7-5-6-10(3)14(16-12)13(11)15/h9,11-14H,3,5-8H2,1-2,4H3/t11-,12?,13?,14?,15-/m1/s1. The Morgan fingerprint density at radius 3 is 2.88 bits per heavy atom. The molecule has 1 heteroatoms. The molecule has 0 radical (unpaired) electrons. The van der Waals surface area contributed by atoms with E-state index >= 15 is 0 Å². The van der Waals surface area contributed by atoms with Crippen molar-refractivity contribution in [1.82, 2.24) is 0 Å². The minimum Gasteiger partial charge on any atom is -0.150 e. The molecule has 90 valence electrons. The lowest BCUT2D eigenvalue weighted by Crippen LogP contribution is -2.31. The first-order valence-corrected chi connectivity index (χ1v) is 7.81. The van der Waals surface area contributed by atoms with Crippen LogP contribution in [0.25, 0.3) is 0 Å². The van der Waals surface area contributed by atoms with E-state index in [0.717, 1.165) is 28.3 Å². The maximum Gasteiger partial charge on any atom is 0.0293 e. The topological polar surface area (TPSA) is 0 Å². The van der Waals surface area contributed by atoms with E-state index in [1.165, 1.54) is 25.7 Å². The third-order valence-corrected chi connectivity index (χ3v) is 7.53. The SMILES string of the molecule is C=C1CCC[C@]2(C)C3C[C@H](C(C)C)C2C1S3. The van der Waals surface area contributed by atoms with Crippen LogP contribution in [0.1, 0.15) is 46.5 Å². The molecular weight excluding hydrogens is 212 g/mol. The van der Waals surface area contributed by atoms with E-state index in [0.29, 0.717) is 5.41 Å². The molecule has 1 heterocycles. The molecule has 0 aromatic carbocycles. The second kappa shape index (κ2) is 3.54. The van der Waals surface area contributed by atoms with E-state index < -0.39 is 0 Å². The van der Waals surface area contributed by atoms with Crippen LogP contribution < -0.4 is 0 Å². The van der Waals surface area contributed by atoms with Crippen molar-refractivity contribution < 1.29 is 0 Å². The van der Waals surface area contributed by atoms with Gasteiger partial charge in [-0.25, -0.2) is 0 Å². The van der Waals surface area contributed by atoms with Crippen molar-refractivity contribution in [2.45, 2.75) is 57.0 Å². The highest BCUT2D eigenvalue weighted by molar-refractivity contribution is 8.01. The van der Waals surface area contributed by atoms with Gasteiger partial charge in [-0.05, 0) is 48.9 Å². The Balaban J connectivity index is 1.99. The average molecular weight is 236 g/mol. The average Bonchev–Trinajstić information content (AvgIpc) is 2.61. The number of thioether (sulfide) groups is 1. The maximum absolute atomic E-state index is 4.38. The lowest BCUT2D eigenvalue weighted by atomic mass is 9.71. The van der Waals surface area contributed by atoms with Crippen molar-refractivity contribution in [2.24, 2.45) is 23.2 Å². The Bertz CT molecular complexity index is 319. The lowest BCUT2D eigenvalue weighted by molar-refractivity contribution is 0.180. The first kappa shape index (κ1) is 11.2. The molecule has 0 spiro atoms. The number of hydrogen-bond acceptors (Lipinski definition) is 1. The van der Waals surface area contributed by atoms with Gasteiger partial charge in [-0.3, -0.25) is 0 Å². The smallest absolute Gasteiger partial charge is 0.0293 e. The van der Waals surface area contributed by atoms with Crippen LogP contribution in [0.2, 0.25) is 0 Å². The Morgan fingerprint density at radius 2 is 2.19 bits per heavy atom. The van der Waals surface area contributed by atoms with Crippen molar-refractivity contribution in [3.8, 4) is 0 Å². The van der Waals surface area contributed by atoms with E-state index in [4.69, 9.17) is 0 Å². The predicted molar refractivity (Wildman–Crippen MR) is 72.7 cm³/mol. The minimum absolute atomic E-state index is 0.643. The van der Waals surface area contributed by atoms with Gasteiger partial charge in [-0.2, -0.15) is 0 Å².